The van der Waals surface area contributed by atoms with Crippen LogP contribution < -0.4 is 5.32 Å². The van der Waals surface area contributed by atoms with Gasteiger partial charge in [0.15, 0.2) is 11.6 Å². The summed E-state index contributed by atoms with van der Waals surface area (Å²) in [4.78, 5) is 4.25. The Labute approximate surface area is 92.7 Å². The number of hydrogen-bond donors (Lipinski definition) is 1. The molecule has 6 nitrogen and oxygen atoms in total. The van der Waals surface area contributed by atoms with E-state index in [1.165, 1.54) is 6.42 Å². The predicted octanol–water partition coefficient (Wildman–Crippen LogP) is 0.482. The lowest BCUT2D eigenvalue weighted by Crippen LogP contribution is -2.18. The van der Waals surface area contributed by atoms with Crippen molar-refractivity contribution in [1.82, 2.24) is 30.5 Å². The molecule has 3 rings (SSSR count). The summed E-state index contributed by atoms with van der Waals surface area (Å²) in [5.74, 6) is 1.60. The Hall–Kier alpha value is -1.82. The highest BCUT2D eigenvalue weighted by Gasteiger charge is 2.23. The van der Waals surface area contributed by atoms with E-state index in [4.69, 9.17) is 0 Å². The van der Waals surface area contributed by atoms with Crippen LogP contribution in [0.25, 0.3) is 5.82 Å². The molecule has 1 aliphatic rings. The maximum absolute atomic E-state index is 4.25. The molecule has 0 aromatic carbocycles. The number of rotatable bonds is 2. The van der Waals surface area contributed by atoms with Crippen molar-refractivity contribution >= 4 is 0 Å². The molecule has 1 aliphatic heterocycles. The number of hydrogen-bond acceptors (Lipinski definition) is 5. The number of pyridine rings is 1. The third-order valence-electron chi connectivity index (χ3n) is 2.73. The van der Waals surface area contributed by atoms with Gasteiger partial charge >= 0.3 is 0 Å². The highest BCUT2D eigenvalue weighted by Crippen LogP contribution is 2.21. The van der Waals surface area contributed by atoms with Crippen molar-refractivity contribution in [3.05, 3.63) is 30.2 Å². The fourth-order valence-corrected chi connectivity index (χ4v) is 1.96. The molecule has 0 bridgehead atoms. The standard InChI is InChI=1S/C10H12N6/c1-2-6-12-9(5-1)16-10(13-14-15-16)8-4-3-7-11-8/h1-2,5-6,8,11H,3-4,7H2. The van der Waals surface area contributed by atoms with Crippen LogP contribution >= 0.6 is 0 Å². The van der Waals surface area contributed by atoms with Crippen molar-refractivity contribution in [2.45, 2.75) is 18.9 Å². The molecule has 1 atom stereocenters. The van der Waals surface area contributed by atoms with Crippen LogP contribution in [0.1, 0.15) is 24.7 Å². The first kappa shape index (κ1) is 9.41. The monoisotopic (exact) mass is 216 g/mol. The third kappa shape index (κ3) is 1.57. The zero-order valence-corrected chi connectivity index (χ0v) is 8.74. The molecule has 16 heavy (non-hydrogen) atoms. The summed E-state index contributed by atoms with van der Waals surface area (Å²) in [6.45, 7) is 1.03. The second kappa shape index (κ2) is 3.97. The number of aromatic nitrogens is 5. The molecule has 1 fully saturated rings. The number of nitrogens with one attached hydrogen (secondary N) is 1. The van der Waals surface area contributed by atoms with Gasteiger partial charge < -0.3 is 5.32 Å². The number of tetrazole rings is 1. The molecular weight excluding hydrogens is 204 g/mol. The molecule has 1 unspecified atom stereocenters. The van der Waals surface area contributed by atoms with Gasteiger partial charge in [-0.15, -0.1) is 5.10 Å². The van der Waals surface area contributed by atoms with E-state index in [2.05, 4.69) is 25.8 Å². The molecule has 0 spiro atoms. The topological polar surface area (TPSA) is 68.5 Å². The first-order valence-corrected chi connectivity index (χ1v) is 5.38. The lowest BCUT2D eigenvalue weighted by Gasteiger charge is -2.09. The van der Waals surface area contributed by atoms with Gasteiger partial charge in [-0.25, -0.2) is 4.98 Å². The van der Waals surface area contributed by atoms with E-state index in [0.29, 0.717) is 0 Å². The summed E-state index contributed by atoms with van der Waals surface area (Å²) in [5.41, 5.74) is 0. The highest BCUT2D eigenvalue weighted by molar-refractivity contribution is 5.21. The van der Waals surface area contributed by atoms with Crippen LogP contribution in [-0.2, 0) is 0 Å². The molecular formula is C10H12N6. The van der Waals surface area contributed by atoms with E-state index >= 15 is 0 Å². The minimum absolute atomic E-state index is 0.247. The maximum Gasteiger partial charge on any atom is 0.175 e. The lowest BCUT2D eigenvalue weighted by molar-refractivity contribution is 0.580. The van der Waals surface area contributed by atoms with Gasteiger partial charge in [-0.3, -0.25) is 0 Å². The molecule has 82 valence electrons. The molecule has 2 aromatic rings. The Bertz CT molecular complexity index is 459. The van der Waals surface area contributed by atoms with Gasteiger partial charge in [-0.2, -0.15) is 4.68 Å². The van der Waals surface area contributed by atoms with Crippen LogP contribution in [0, 0.1) is 0 Å². The van der Waals surface area contributed by atoms with Gasteiger partial charge in [0.25, 0.3) is 0 Å². The highest BCUT2D eigenvalue weighted by atomic mass is 15.6. The van der Waals surface area contributed by atoms with Crippen LogP contribution in [0.15, 0.2) is 24.4 Å². The van der Waals surface area contributed by atoms with Crippen LogP contribution in [0.3, 0.4) is 0 Å². The Kier molecular flexibility index (Phi) is 2.34. The van der Waals surface area contributed by atoms with E-state index in [1.54, 1.807) is 10.9 Å². The minimum atomic E-state index is 0.247. The smallest absolute Gasteiger partial charge is 0.175 e. The van der Waals surface area contributed by atoms with Crippen molar-refractivity contribution in [1.29, 1.82) is 0 Å². The van der Waals surface area contributed by atoms with Crippen LogP contribution in [0.4, 0.5) is 0 Å². The Balaban J connectivity index is 1.99. The Morgan fingerprint density at radius 2 is 2.38 bits per heavy atom. The first-order chi connectivity index (χ1) is 7.95. The second-order valence-corrected chi connectivity index (χ2v) is 3.79. The normalized spacial score (nSPS) is 20.1. The molecule has 1 N–H and O–H groups in total. The van der Waals surface area contributed by atoms with Crippen molar-refractivity contribution in [3.8, 4) is 5.82 Å². The summed E-state index contributed by atoms with van der Waals surface area (Å²) in [7, 11) is 0. The van der Waals surface area contributed by atoms with Gasteiger partial charge in [0.2, 0.25) is 0 Å². The Morgan fingerprint density at radius 3 is 3.12 bits per heavy atom. The Morgan fingerprint density at radius 1 is 1.38 bits per heavy atom. The van der Waals surface area contributed by atoms with Gasteiger partial charge in [0, 0.05) is 6.20 Å². The fraction of sp³-hybridized carbons (Fsp3) is 0.400. The van der Waals surface area contributed by atoms with Crippen LogP contribution in [0.5, 0.6) is 0 Å². The van der Waals surface area contributed by atoms with Crippen molar-refractivity contribution < 1.29 is 0 Å². The molecule has 0 amide bonds. The third-order valence-corrected chi connectivity index (χ3v) is 2.73. The van der Waals surface area contributed by atoms with Crippen molar-refractivity contribution in [2.24, 2.45) is 0 Å². The molecule has 0 aliphatic carbocycles. The molecule has 0 radical (unpaired) electrons. The fourth-order valence-electron chi connectivity index (χ4n) is 1.96. The van der Waals surface area contributed by atoms with Gasteiger partial charge in [-0.05, 0) is 41.9 Å². The van der Waals surface area contributed by atoms with Gasteiger partial charge in [0.1, 0.15) is 0 Å². The van der Waals surface area contributed by atoms with Crippen LogP contribution in [-0.4, -0.2) is 31.7 Å². The van der Waals surface area contributed by atoms with Crippen molar-refractivity contribution in [2.75, 3.05) is 6.54 Å². The average molecular weight is 216 g/mol. The average Bonchev–Trinajstić information content (AvgIpc) is 3.01. The summed E-state index contributed by atoms with van der Waals surface area (Å²) in [6, 6.07) is 5.95. The first-order valence-electron chi connectivity index (χ1n) is 5.38. The van der Waals surface area contributed by atoms with Gasteiger partial charge in [-0.1, -0.05) is 6.07 Å². The van der Waals surface area contributed by atoms with E-state index in [9.17, 15) is 0 Å². The summed E-state index contributed by atoms with van der Waals surface area (Å²) in [5, 5.41) is 15.2. The van der Waals surface area contributed by atoms with Gasteiger partial charge in [0.05, 0.1) is 6.04 Å². The summed E-state index contributed by atoms with van der Waals surface area (Å²) in [6.07, 6.45) is 3.98. The SMILES string of the molecule is c1ccc(-n2nnnc2C2CCCN2)nc1. The summed E-state index contributed by atoms with van der Waals surface area (Å²) < 4.78 is 1.70. The lowest BCUT2D eigenvalue weighted by atomic mass is 10.2. The minimum Gasteiger partial charge on any atom is -0.307 e. The molecule has 0 saturated carbocycles. The second-order valence-electron chi connectivity index (χ2n) is 3.79. The van der Waals surface area contributed by atoms with E-state index in [-0.39, 0.29) is 6.04 Å². The van der Waals surface area contributed by atoms with E-state index < -0.39 is 0 Å². The molecule has 3 heterocycles. The molecule has 1 saturated heterocycles. The largest absolute Gasteiger partial charge is 0.307 e. The van der Waals surface area contributed by atoms with E-state index in [1.807, 2.05) is 18.2 Å². The molecule has 6 heteroatoms. The van der Waals surface area contributed by atoms with Crippen molar-refractivity contribution in [3.63, 3.8) is 0 Å². The molecule has 2 aromatic heterocycles. The zero-order chi connectivity index (χ0) is 10.8. The van der Waals surface area contributed by atoms with Crippen LogP contribution in [0.2, 0.25) is 0 Å². The predicted molar refractivity (Wildman–Crippen MR) is 56.9 cm³/mol. The van der Waals surface area contributed by atoms with E-state index in [0.717, 1.165) is 24.6 Å². The summed E-state index contributed by atoms with van der Waals surface area (Å²) >= 11 is 0. The number of nitrogens with zero attached hydrogens (tertiary/aromatic N) is 5. The quantitative estimate of drug-likeness (QED) is 0.790. The maximum atomic E-state index is 4.25. The zero-order valence-electron chi connectivity index (χ0n) is 8.74.